The zero-order valence-electron chi connectivity index (χ0n) is 22.7. The van der Waals surface area contributed by atoms with Gasteiger partial charge in [0.15, 0.2) is 0 Å². The van der Waals surface area contributed by atoms with Gasteiger partial charge < -0.3 is 5.11 Å². The van der Waals surface area contributed by atoms with Crippen molar-refractivity contribution in [1.29, 1.82) is 0 Å². The van der Waals surface area contributed by atoms with Crippen molar-refractivity contribution in [2.75, 3.05) is 6.54 Å². The summed E-state index contributed by atoms with van der Waals surface area (Å²) < 4.78 is 0. The van der Waals surface area contributed by atoms with Crippen LogP contribution in [0.25, 0.3) is 0 Å². The van der Waals surface area contributed by atoms with E-state index in [2.05, 4.69) is 105 Å². The van der Waals surface area contributed by atoms with Gasteiger partial charge in [0.25, 0.3) is 0 Å². The van der Waals surface area contributed by atoms with Crippen LogP contribution in [0, 0.1) is 0 Å². The lowest BCUT2D eigenvalue weighted by Gasteiger charge is -2.25. The normalized spacial score (nSPS) is 11.4. The summed E-state index contributed by atoms with van der Waals surface area (Å²) in [5, 5.41) is 9.83. The molecular weight excluding hydrogens is 450 g/mol. The van der Waals surface area contributed by atoms with Crippen molar-refractivity contribution >= 4 is 0 Å². The number of hydrogen-bond donors (Lipinski definition) is 1. The van der Waals surface area contributed by atoms with E-state index in [1.165, 1.54) is 38.9 Å². The molecule has 0 fully saturated rings. The largest absolute Gasteiger partial charge is 0.508 e. The van der Waals surface area contributed by atoms with Crippen LogP contribution in [0.3, 0.4) is 0 Å². The molecule has 0 bridgehead atoms. The van der Waals surface area contributed by atoms with Gasteiger partial charge in [-0.15, -0.1) is 0 Å². The molecule has 4 aromatic rings. The molecule has 1 N–H and O–H groups in total. The van der Waals surface area contributed by atoms with Gasteiger partial charge in [-0.05, 0) is 89.2 Å². The molecular formula is C35H41NO. The Morgan fingerprint density at radius 2 is 1.27 bits per heavy atom. The SMILES string of the molecule is CCCN(Cc1ccccc1CCc1cccc(O)c1)Cc1ccccc1Cc1ccc(C(C)C)cc1. The molecule has 0 saturated carbocycles. The van der Waals surface area contributed by atoms with Gasteiger partial charge in [0.2, 0.25) is 0 Å². The molecule has 0 amide bonds. The van der Waals surface area contributed by atoms with Gasteiger partial charge in [0.05, 0.1) is 0 Å². The fourth-order valence-electron chi connectivity index (χ4n) is 5.08. The highest BCUT2D eigenvalue weighted by Crippen LogP contribution is 2.22. The summed E-state index contributed by atoms with van der Waals surface area (Å²) in [5.41, 5.74) is 9.57. The van der Waals surface area contributed by atoms with Crippen LogP contribution in [-0.4, -0.2) is 16.6 Å². The summed E-state index contributed by atoms with van der Waals surface area (Å²) in [6.07, 6.45) is 4.00. The van der Waals surface area contributed by atoms with Gasteiger partial charge in [-0.2, -0.15) is 0 Å². The average Bonchev–Trinajstić information content (AvgIpc) is 2.90. The molecule has 37 heavy (non-hydrogen) atoms. The molecule has 0 spiro atoms. The van der Waals surface area contributed by atoms with E-state index >= 15 is 0 Å². The van der Waals surface area contributed by atoms with Gasteiger partial charge in [-0.25, -0.2) is 0 Å². The lowest BCUT2D eigenvalue weighted by atomic mass is 9.96. The van der Waals surface area contributed by atoms with Crippen LogP contribution in [-0.2, 0) is 32.4 Å². The summed E-state index contributed by atoms with van der Waals surface area (Å²) in [5.74, 6) is 0.904. The zero-order valence-corrected chi connectivity index (χ0v) is 22.7. The van der Waals surface area contributed by atoms with Gasteiger partial charge >= 0.3 is 0 Å². The average molecular weight is 492 g/mol. The van der Waals surface area contributed by atoms with E-state index in [0.29, 0.717) is 11.7 Å². The molecule has 2 heteroatoms. The predicted molar refractivity (Wildman–Crippen MR) is 156 cm³/mol. The number of phenolic OH excluding ortho intramolecular Hbond substituents is 1. The van der Waals surface area contributed by atoms with Crippen molar-refractivity contribution in [1.82, 2.24) is 4.90 Å². The second-order valence-electron chi connectivity index (χ2n) is 10.5. The second-order valence-corrected chi connectivity index (χ2v) is 10.5. The predicted octanol–water partition coefficient (Wildman–Crippen LogP) is 8.30. The number of hydrogen-bond acceptors (Lipinski definition) is 2. The van der Waals surface area contributed by atoms with Gasteiger partial charge in [0.1, 0.15) is 5.75 Å². The third-order valence-electron chi connectivity index (χ3n) is 7.20. The Hall–Kier alpha value is -3.36. The van der Waals surface area contributed by atoms with Crippen molar-refractivity contribution in [3.63, 3.8) is 0 Å². The van der Waals surface area contributed by atoms with Gasteiger partial charge in [-0.1, -0.05) is 106 Å². The quantitative estimate of drug-likeness (QED) is 0.215. The molecule has 192 valence electrons. The minimum atomic E-state index is 0.342. The Bertz CT molecular complexity index is 1260. The molecule has 4 aromatic carbocycles. The molecule has 0 aromatic heterocycles. The van der Waals surface area contributed by atoms with E-state index in [9.17, 15) is 5.11 Å². The van der Waals surface area contributed by atoms with Crippen molar-refractivity contribution in [3.05, 3.63) is 136 Å². The van der Waals surface area contributed by atoms with Gasteiger partial charge in [-0.3, -0.25) is 4.90 Å². The number of aryl methyl sites for hydroxylation is 2. The maximum atomic E-state index is 9.83. The molecule has 0 aliphatic carbocycles. The summed E-state index contributed by atoms with van der Waals surface area (Å²) in [4.78, 5) is 2.59. The molecule has 0 heterocycles. The highest BCUT2D eigenvalue weighted by molar-refractivity contribution is 5.35. The molecule has 0 unspecified atom stereocenters. The van der Waals surface area contributed by atoms with E-state index in [1.54, 1.807) is 6.07 Å². The Morgan fingerprint density at radius 1 is 0.649 bits per heavy atom. The van der Waals surface area contributed by atoms with Gasteiger partial charge in [0, 0.05) is 13.1 Å². The highest BCUT2D eigenvalue weighted by Gasteiger charge is 2.12. The monoisotopic (exact) mass is 491 g/mol. The Labute approximate surface area is 223 Å². The zero-order chi connectivity index (χ0) is 26.0. The lowest BCUT2D eigenvalue weighted by Crippen LogP contribution is -2.25. The summed E-state index contributed by atoms with van der Waals surface area (Å²) in [7, 11) is 0. The van der Waals surface area contributed by atoms with Crippen molar-refractivity contribution in [2.45, 2.75) is 65.5 Å². The molecule has 0 atom stereocenters. The molecule has 0 aliphatic rings. The Kier molecular flexibility index (Phi) is 9.57. The fourth-order valence-corrected chi connectivity index (χ4v) is 5.08. The maximum absolute atomic E-state index is 9.83. The fraction of sp³-hybridized carbons (Fsp3) is 0.314. The number of benzene rings is 4. The summed E-state index contributed by atoms with van der Waals surface area (Å²) in [6.45, 7) is 9.73. The van der Waals surface area contributed by atoms with E-state index < -0.39 is 0 Å². The number of nitrogens with zero attached hydrogens (tertiary/aromatic N) is 1. The topological polar surface area (TPSA) is 23.5 Å². The first-order valence-corrected chi connectivity index (χ1v) is 13.7. The van der Waals surface area contributed by atoms with Crippen molar-refractivity contribution in [2.24, 2.45) is 0 Å². The first-order valence-electron chi connectivity index (χ1n) is 13.7. The van der Waals surface area contributed by atoms with Crippen LogP contribution in [0.2, 0.25) is 0 Å². The molecule has 2 nitrogen and oxygen atoms in total. The first-order chi connectivity index (χ1) is 18.0. The Morgan fingerprint density at radius 3 is 1.89 bits per heavy atom. The van der Waals surface area contributed by atoms with Crippen LogP contribution in [0.15, 0.2) is 97.1 Å². The van der Waals surface area contributed by atoms with Crippen LogP contribution in [0.1, 0.15) is 72.1 Å². The van der Waals surface area contributed by atoms with Crippen molar-refractivity contribution < 1.29 is 5.11 Å². The number of aromatic hydroxyl groups is 1. The molecule has 0 saturated heterocycles. The molecule has 4 rings (SSSR count). The third-order valence-corrected chi connectivity index (χ3v) is 7.20. The van der Waals surface area contributed by atoms with E-state index in [-0.39, 0.29) is 0 Å². The van der Waals surface area contributed by atoms with Crippen molar-refractivity contribution in [3.8, 4) is 5.75 Å². The summed E-state index contributed by atoms with van der Waals surface area (Å²) in [6, 6.07) is 34.5. The first kappa shape index (κ1) is 26.7. The van der Waals surface area contributed by atoms with Crippen LogP contribution >= 0.6 is 0 Å². The van der Waals surface area contributed by atoms with Crippen LogP contribution in [0.5, 0.6) is 5.75 Å². The maximum Gasteiger partial charge on any atom is 0.115 e. The highest BCUT2D eigenvalue weighted by atomic mass is 16.3. The smallest absolute Gasteiger partial charge is 0.115 e. The minimum absolute atomic E-state index is 0.342. The second kappa shape index (κ2) is 13.3. The number of rotatable bonds is 12. The van der Waals surface area contributed by atoms with E-state index in [1.807, 2.05) is 12.1 Å². The summed E-state index contributed by atoms with van der Waals surface area (Å²) >= 11 is 0. The Balaban J connectivity index is 1.47. The molecule has 0 aliphatic heterocycles. The lowest BCUT2D eigenvalue weighted by molar-refractivity contribution is 0.256. The van der Waals surface area contributed by atoms with Crippen LogP contribution in [0.4, 0.5) is 0 Å². The van der Waals surface area contributed by atoms with E-state index in [0.717, 1.165) is 45.3 Å². The third kappa shape index (κ3) is 7.81. The van der Waals surface area contributed by atoms with Crippen LogP contribution < -0.4 is 0 Å². The molecule has 0 radical (unpaired) electrons. The van der Waals surface area contributed by atoms with E-state index in [4.69, 9.17) is 0 Å². The number of phenols is 1. The standard InChI is InChI=1S/C35H41NO/c1-4-22-36(25-33-13-7-5-11-31(33)21-18-28-10-9-15-35(37)24-28)26-34-14-8-6-12-32(34)23-29-16-19-30(20-17-29)27(2)3/h5-17,19-20,24,27,37H,4,18,21-23,25-26H2,1-3H3. The minimum Gasteiger partial charge on any atom is -0.508 e.